The molecule has 0 unspecified atom stereocenters. The minimum Gasteiger partial charge on any atom is -0.346 e. The van der Waals surface area contributed by atoms with E-state index < -0.39 is 9.84 Å². The third kappa shape index (κ3) is 4.32. The molecule has 1 N–H and O–H groups in total. The number of sulfone groups is 1. The lowest BCUT2D eigenvalue weighted by Crippen LogP contribution is -2.22. The molecule has 0 aliphatic rings. The number of amides is 1. The van der Waals surface area contributed by atoms with Crippen LogP contribution < -0.4 is 5.32 Å². The van der Waals surface area contributed by atoms with Gasteiger partial charge in [-0.25, -0.2) is 13.4 Å². The molecule has 2 aromatic carbocycles. The van der Waals surface area contributed by atoms with Crippen LogP contribution in [-0.4, -0.2) is 25.6 Å². The second-order valence-electron chi connectivity index (χ2n) is 5.47. The van der Waals surface area contributed by atoms with E-state index in [0.29, 0.717) is 12.1 Å². The molecule has 3 aromatic rings. The Labute approximate surface area is 150 Å². The molecule has 0 fully saturated rings. The van der Waals surface area contributed by atoms with Crippen molar-refractivity contribution in [1.82, 2.24) is 10.3 Å². The van der Waals surface area contributed by atoms with Gasteiger partial charge in [-0.2, -0.15) is 0 Å². The topological polar surface area (TPSA) is 76.1 Å². The highest BCUT2D eigenvalue weighted by molar-refractivity contribution is 7.90. The number of carbonyl (C=O) groups is 1. The van der Waals surface area contributed by atoms with Gasteiger partial charge in [0.05, 0.1) is 17.1 Å². The van der Waals surface area contributed by atoms with Crippen molar-refractivity contribution in [2.75, 3.05) is 6.26 Å². The first kappa shape index (κ1) is 17.3. The predicted octanol–water partition coefficient (Wildman–Crippen LogP) is 3.14. The van der Waals surface area contributed by atoms with Crippen LogP contribution >= 0.6 is 11.3 Å². The lowest BCUT2D eigenvalue weighted by molar-refractivity contribution is 0.0951. The number of hydrogen-bond donors (Lipinski definition) is 1. The monoisotopic (exact) mass is 372 g/mol. The summed E-state index contributed by atoms with van der Waals surface area (Å²) in [6.07, 6.45) is 1.13. The van der Waals surface area contributed by atoms with Gasteiger partial charge in [-0.15, -0.1) is 11.3 Å². The summed E-state index contributed by atoms with van der Waals surface area (Å²) >= 11 is 1.48. The van der Waals surface area contributed by atoms with Gasteiger partial charge in [-0.1, -0.05) is 30.3 Å². The third-order valence-electron chi connectivity index (χ3n) is 3.57. The summed E-state index contributed by atoms with van der Waals surface area (Å²) < 4.78 is 22.9. The zero-order valence-electron chi connectivity index (χ0n) is 13.5. The molecule has 0 aliphatic heterocycles. The summed E-state index contributed by atoms with van der Waals surface area (Å²) in [6, 6.07) is 15.7. The molecule has 7 heteroatoms. The molecule has 25 heavy (non-hydrogen) atoms. The van der Waals surface area contributed by atoms with Crippen molar-refractivity contribution < 1.29 is 13.2 Å². The third-order valence-corrected chi connectivity index (χ3v) is 5.54. The number of nitrogens with zero attached hydrogens (tertiary/aromatic N) is 1. The van der Waals surface area contributed by atoms with Gasteiger partial charge in [0, 0.05) is 22.8 Å². The Kier molecular flexibility index (Phi) is 4.96. The van der Waals surface area contributed by atoms with Crippen molar-refractivity contribution in [1.29, 1.82) is 0 Å². The van der Waals surface area contributed by atoms with E-state index in [4.69, 9.17) is 0 Å². The van der Waals surface area contributed by atoms with Crippen LogP contribution in [0.4, 0.5) is 0 Å². The number of benzene rings is 2. The average Bonchev–Trinajstić information content (AvgIpc) is 3.09. The molecule has 0 saturated carbocycles. The fourth-order valence-corrected chi connectivity index (χ4v) is 3.62. The smallest absolute Gasteiger partial charge is 0.251 e. The fraction of sp³-hybridized carbons (Fsp3) is 0.111. The number of hydrogen-bond acceptors (Lipinski definition) is 5. The van der Waals surface area contributed by atoms with Crippen LogP contribution in [0.2, 0.25) is 0 Å². The summed E-state index contributed by atoms with van der Waals surface area (Å²) in [6.45, 7) is 0.324. The summed E-state index contributed by atoms with van der Waals surface area (Å²) in [5.41, 5.74) is 2.33. The maximum absolute atomic E-state index is 12.2. The summed E-state index contributed by atoms with van der Waals surface area (Å²) in [5, 5.41) is 5.56. The molecule has 0 aliphatic carbocycles. The molecule has 1 aromatic heterocycles. The van der Waals surface area contributed by atoms with E-state index in [9.17, 15) is 13.2 Å². The van der Waals surface area contributed by atoms with Gasteiger partial charge in [0.1, 0.15) is 5.01 Å². The lowest BCUT2D eigenvalue weighted by Gasteiger charge is -2.04. The Hall–Kier alpha value is -2.51. The second-order valence-corrected chi connectivity index (χ2v) is 8.43. The number of rotatable bonds is 5. The predicted molar refractivity (Wildman–Crippen MR) is 98.3 cm³/mol. The van der Waals surface area contributed by atoms with Crippen LogP contribution in [0.5, 0.6) is 0 Å². The van der Waals surface area contributed by atoms with Crippen molar-refractivity contribution in [3.8, 4) is 11.3 Å². The zero-order chi connectivity index (χ0) is 17.9. The Bertz CT molecular complexity index is 979. The summed E-state index contributed by atoms with van der Waals surface area (Å²) in [7, 11) is -3.26. The van der Waals surface area contributed by atoms with Crippen LogP contribution in [0.3, 0.4) is 0 Å². The van der Waals surface area contributed by atoms with Crippen LogP contribution in [-0.2, 0) is 16.4 Å². The summed E-state index contributed by atoms with van der Waals surface area (Å²) in [4.78, 5) is 16.9. The molecule has 1 amide bonds. The van der Waals surface area contributed by atoms with E-state index in [2.05, 4.69) is 10.3 Å². The van der Waals surface area contributed by atoms with Crippen molar-refractivity contribution in [3.63, 3.8) is 0 Å². The van der Waals surface area contributed by atoms with Gasteiger partial charge in [0.15, 0.2) is 9.84 Å². The van der Waals surface area contributed by atoms with E-state index in [-0.39, 0.29) is 10.8 Å². The van der Waals surface area contributed by atoms with E-state index in [0.717, 1.165) is 22.5 Å². The highest BCUT2D eigenvalue weighted by Gasteiger charge is 2.11. The quantitative estimate of drug-likeness (QED) is 0.746. The number of nitrogens with one attached hydrogen (secondary N) is 1. The van der Waals surface area contributed by atoms with Gasteiger partial charge < -0.3 is 5.32 Å². The molecule has 0 spiro atoms. The molecule has 0 atom stereocenters. The molecule has 3 rings (SSSR count). The Morgan fingerprint density at radius 1 is 1.08 bits per heavy atom. The minimum absolute atomic E-state index is 0.191. The van der Waals surface area contributed by atoms with Gasteiger partial charge in [0.25, 0.3) is 5.91 Å². The first-order chi connectivity index (χ1) is 11.9. The number of aromatic nitrogens is 1. The SMILES string of the molecule is CS(=O)(=O)c1ccc(C(=O)NCc2nc(-c3ccccc3)cs2)cc1. The van der Waals surface area contributed by atoms with Crippen molar-refractivity contribution >= 4 is 27.1 Å². The van der Waals surface area contributed by atoms with Crippen LogP contribution in [0, 0.1) is 0 Å². The van der Waals surface area contributed by atoms with E-state index >= 15 is 0 Å². The highest BCUT2D eigenvalue weighted by Crippen LogP contribution is 2.21. The lowest BCUT2D eigenvalue weighted by atomic mass is 10.2. The van der Waals surface area contributed by atoms with Gasteiger partial charge >= 0.3 is 0 Å². The van der Waals surface area contributed by atoms with Crippen molar-refractivity contribution in [2.45, 2.75) is 11.4 Å². The van der Waals surface area contributed by atoms with Crippen LogP contribution in [0.15, 0.2) is 64.9 Å². The standard InChI is InChI=1S/C18H16N2O3S2/c1-25(22,23)15-9-7-14(8-10-15)18(21)19-11-17-20-16(12-24-17)13-5-3-2-4-6-13/h2-10,12H,11H2,1H3,(H,19,21). The first-order valence-corrected chi connectivity index (χ1v) is 10.3. The van der Waals surface area contributed by atoms with Crippen LogP contribution in [0.1, 0.15) is 15.4 Å². The largest absolute Gasteiger partial charge is 0.346 e. The average molecular weight is 372 g/mol. The molecule has 0 saturated heterocycles. The minimum atomic E-state index is -3.26. The summed E-state index contributed by atoms with van der Waals surface area (Å²) in [5.74, 6) is -0.267. The molecule has 1 heterocycles. The maximum Gasteiger partial charge on any atom is 0.251 e. The molecular weight excluding hydrogens is 356 g/mol. The van der Waals surface area contributed by atoms with E-state index in [1.54, 1.807) is 0 Å². The Morgan fingerprint density at radius 3 is 2.40 bits per heavy atom. The fourth-order valence-electron chi connectivity index (χ4n) is 2.25. The molecular formula is C18H16N2O3S2. The van der Waals surface area contributed by atoms with Gasteiger partial charge in [0.2, 0.25) is 0 Å². The number of carbonyl (C=O) groups excluding carboxylic acids is 1. The zero-order valence-corrected chi connectivity index (χ0v) is 15.1. The van der Waals surface area contributed by atoms with E-state index in [1.165, 1.54) is 35.6 Å². The van der Waals surface area contributed by atoms with Crippen LogP contribution in [0.25, 0.3) is 11.3 Å². The second kappa shape index (κ2) is 7.16. The highest BCUT2D eigenvalue weighted by atomic mass is 32.2. The maximum atomic E-state index is 12.2. The number of thiazole rings is 1. The van der Waals surface area contributed by atoms with Gasteiger partial charge in [-0.05, 0) is 24.3 Å². The molecule has 0 radical (unpaired) electrons. The van der Waals surface area contributed by atoms with Crippen molar-refractivity contribution in [3.05, 3.63) is 70.5 Å². The Morgan fingerprint density at radius 2 is 1.76 bits per heavy atom. The van der Waals surface area contributed by atoms with Gasteiger partial charge in [-0.3, -0.25) is 4.79 Å². The molecule has 128 valence electrons. The molecule has 0 bridgehead atoms. The van der Waals surface area contributed by atoms with E-state index in [1.807, 2.05) is 35.7 Å². The Balaban J connectivity index is 1.64. The normalized spacial score (nSPS) is 11.2. The van der Waals surface area contributed by atoms with Crippen molar-refractivity contribution in [2.24, 2.45) is 0 Å². The first-order valence-electron chi connectivity index (χ1n) is 7.51. The molecule has 5 nitrogen and oxygen atoms in total.